The summed E-state index contributed by atoms with van der Waals surface area (Å²) in [7, 11) is 0. The zero-order valence-electron chi connectivity index (χ0n) is 15.6. The van der Waals surface area contributed by atoms with Gasteiger partial charge in [-0.15, -0.1) is 0 Å². The van der Waals surface area contributed by atoms with E-state index in [-0.39, 0.29) is 11.8 Å². The van der Waals surface area contributed by atoms with Crippen LogP contribution in [0.5, 0.6) is 0 Å². The highest BCUT2D eigenvalue weighted by atomic mass is 35.5. The fraction of sp³-hybridized carbons (Fsp3) is 0.476. The molecule has 1 aromatic rings. The second kappa shape index (κ2) is 8.57. The summed E-state index contributed by atoms with van der Waals surface area (Å²) in [5, 5.41) is 0.772. The molecule has 0 saturated heterocycles. The lowest BCUT2D eigenvalue weighted by molar-refractivity contribution is -0.146. The predicted molar refractivity (Wildman–Crippen MR) is 108 cm³/mol. The van der Waals surface area contributed by atoms with Gasteiger partial charge in [0.1, 0.15) is 5.92 Å². The van der Waals surface area contributed by atoms with E-state index in [0.717, 1.165) is 31.4 Å². The number of hydrogen-bond acceptors (Lipinski definition) is 4. The zero-order chi connectivity index (χ0) is 19.6. The normalized spacial score (nSPS) is 22.4. The lowest BCUT2D eigenvalue weighted by Gasteiger charge is -2.35. The van der Waals surface area contributed by atoms with Crippen molar-refractivity contribution >= 4 is 40.7 Å². The van der Waals surface area contributed by atoms with Crippen LogP contribution < -0.4 is 0 Å². The highest BCUT2D eigenvalue weighted by Gasteiger charge is 2.44. The van der Waals surface area contributed by atoms with Gasteiger partial charge in [0.2, 0.25) is 0 Å². The van der Waals surface area contributed by atoms with Crippen molar-refractivity contribution in [3.63, 3.8) is 0 Å². The molecule has 0 radical (unpaired) electrons. The van der Waals surface area contributed by atoms with Crippen molar-refractivity contribution in [2.24, 2.45) is 10.9 Å². The molecule has 1 aliphatic heterocycles. The van der Waals surface area contributed by atoms with E-state index in [0.29, 0.717) is 39.9 Å². The summed E-state index contributed by atoms with van der Waals surface area (Å²) < 4.78 is 5.50. The molecule has 144 valence electrons. The van der Waals surface area contributed by atoms with Crippen molar-refractivity contribution < 1.29 is 14.3 Å². The van der Waals surface area contributed by atoms with Gasteiger partial charge in [0.25, 0.3) is 0 Å². The summed E-state index contributed by atoms with van der Waals surface area (Å²) in [6.45, 7) is 4.21. The van der Waals surface area contributed by atoms with E-state index in [1.54, 1.807) is 12.1 Å². The van der Waals surface area contributed by atoms with Gasteiger partial charge in [-0.25, -0.2) is 0 Å². The molecule has 0 saturated carbocycles. The van der Waals surface area contributed by atoms with Crippen molar-refractivity contribution in [3.8, 4) is 0 Å². The van der Waals surface area contributed by atoms with Gasteiger partial charge in [0.15, 0.2) is 5.78 Å². The number of carbonyl (C=O) groups is 2. The van der Waals surface area contributed by atoms with Crippen LogP contribution in [0.1, 0.15) is 57.4 Å². The highest BCUT2D eigenvalue weighted by Crippen LogP contribution is 2.46. The zero-order valence-corrected chi connectivity index (χ0v) is 17.1. The maximum absolute atomic E-state index is 12.9. The van der Waals surface area contributed by atoms with Crippen LogP contribution in [0.3, 0.4) is 0 Å². The minimum absolute atomic E-state index is 0.0277. The molecule has 0 aromatic heterocycles. The molecule has 1 unspecified atom stereocenters. The summed E-state index contributed by atoms with van der Waals surface area (Å²) in [5.74, 6) is -1.51. The van der Waals surface area contributed by atoms with Crippen molar-refractivity contribution in [3.05, 3.63) is 45.1 Å². The maximum atomic E-state index is 12.9. The Morgan fingerprint density at radius 3 is 2.81 bits per heavy atom. The number of carbonyl (C=O) groups excluding carboxylic acids is 2. The topological polar surface area (TPSA) is 55.7 Å². The molecule has 0 fully saturated rings. The summed E-state index contributed by atoms with van der Waals surface area (Å²) in [6, 6.07) is 5.32. The molecule has 0 N–H and O–H groups in total. The van der Waals surface area contributed by atoms with Crippen molar-refractivity contribution in [2.45, 2.75) is 51.9 Å². The molecule has 2 atom stereocenters. The number of rotatable bonds is 5. The number of unbranched alkanes of at least 4 members (excludes halogenated alkanes) is 1. The van der Waals surface area contributed by atoms with Gasteiger partial charge in [-0.05, 0) is 37.8 Å². The van der Waals surface area contributed by atoms with Gasteiger partial charge in [-0.1, -0.05) is 48.7 Å². The van der Waals surface area contributed by atoms with Gasteiger partial charge in [-0.3, -0.25) is 14.6 Å². The third-order valence-electron chi connectivity index (χ3n) is 5.15. The number of Topliss-reactive ketones (excluding diaryl/α,β-unsaturated/α-hetero) is 1. The molecule has 2 aliphatic rings. The molecular formula is C21H23Cl2NO3. The SMILES string of the molecule is CCCCOC(=O)C1C(C)=NC2=C(C(=O)CCC2)[C@H]1c1cccc(Cl)c1Cl. The van der Waals surface area contributed by atoms with Crippen LogP contribution in [0, 0.1) is 5.92 Å². The average molecular weight is 408 g/mol. The number of hydrogen-bond donors (Lipinski definition) is 0. The van der Waals surface area contributed by atoms with Crippen molar-refractivity contribution in [1.29, 1.82) is 0 Å². The van der Waals surface area contributed by atoms with Gasteiger partial charge < -0.3 is 4.74 Å². The first-order chi connectivity index (χ1) is 13.0. The Kier molecular flexibility index (Phi) is 6.38. The average Bonchev–Trinajstić information content (AvgIpc) is 2.63. The smallest absolute Gasteiger partial charge is 0.315 e. The van der Waals surface area contributed by atoms with E-state index in [1.807, 2.05) is 19.9 Å². The molecule has 1 aliphatic carbocycles. The van der Waals surface area contributed by atoms with Gasteiger partial charge in [0.05, 0.1) is 16.7 Å². The van der Waals surface area contributed by atoms with Gasteiger partial charge >= 0.3 is 5.97 Å². The number of ether oxygens (including phenoxy) is 1. The Morgan fingerprint density at radius 2 is 2.07 bits per heavy atom. The Labute approximate surface area is 169 Å². The van der Waals surface area contributed by atoms with E-state index < -0.39 is 11.8 Å². The van der Waals surface area contributed by atoms with Crippen LogP contribution in [0.2, 0.25) is 10.0 Å². The number of allylic oxidation sites excluding steroid dienone is 2. The second-order valence-electron chi connectivity index (χ2n) is 7.01. The molecule has 4 nitrogen and oxygen atoms in total. The van der Waals surface area contributed by atoms with Crippen LogP contribution >= 0.6 is 23.2 Å². The molecule has 1 aromatic carbocycles. The maximum Gasteiger partial charge on any atom is 0.315 e. The number of aliphatic imine (C=N–C) groups is 1. The summed E-state index contributed by atoms with van der Waals surface area (Å²) in [4.78, 5) is 30.3. The lowest BCUT2D eigenvalue weighted by Crippen LogP contribution is -2.37. The molecular weight excluding hydrogens is 385 g/mol. The van der Waals surface area contributed by atoms with Crippen LogP contribution in [-0.4, -0.2) is 24.1 Å². The third kappa shape index (κ3) is 3.97. The number of benzene rings is 1. The Bertz CT molecular complexity index is 829. The standard InChI is InChI=1S/C21H23Cl2NO3/c1-3-4-11-27-21(26)17-12(2)24-15-9-6-10-16(25)19(15)18(17)13-7-5-8-14(22)20(13)23/h5,7-8,17-18H,3-4,6,9-11H2,1-2H3/t17?,18-/m0/s1. The first-order valence-corrected chi connectivity index (χ1v) is 10.1. The summed E-state index contributed by atoms with van der Waals surface area (Å²) >= 11 is 12.7. The second-order valence-corrected chi connectivity index (χ2v) is 7.79. The van der Waals surface area contributed by atoms with Crippen LogP contribution in [0.15, 0.2) is 34.5 Å². The molecule has 0 spiro atoms. The third-order valence-corrected chi connectivity index (χ3v) is 5.98. The summed E-state index contributed by atoms with van der Waals surface area (Å²) in [6.07, 6.45) is 3.69. The Hall–Kier alpha value is -1.65. The number of halogens is 2. The quantitative estimate of drug-likeness (QED) is 0.476. The first-order valence-electron chi connectivity index (χ1n) is 9.37. The molecule has 3 rings (SSSR count). The fourth-order valence-corrected chi connectivity index (χ4v) is 4.24. The van der Waals surface area contributed by atoms with Gasteiger partial charge in [-0.2, -0.15) is 0 Å². The van der Waals surface area contributed by atoms with Crippen LogP contribution in [0.4, 0.5) is 0 Å². The Morgan fingerprint density at radius 1 is 1.30 bits per heavy atom. The lowest BCUT2D eigenvalue weighted by atomic mass is 9.71. The molecule has 6 heteroatoms. The first kappa shape index (κ1) is 20.1. The summed E-state index contributed by atoms with van der Waals surface area (Å²) in [5.41, 5.74) is 2.69. The monoisotopic (exact) mass is 407 g/mol. The number of nitrogens with zero attached hydrogens (tertiary/aromatic N) is 1. The van der Waals surface area contributed by atoms with Gasteiger partial charge in [0, 0.05) is 29.3 Å². The molecule has 27 heavy (non-hydrogen) atoms. The van der Waals surface area contributed by atoms with Crippen molar-refractivity contribution in [2.75, 3.05) is 6.61 Å². The highest BCUT2D eigenvalue weighted by molar-refractivity contribution is 6.42. The predicted octanol–water partition coefficient (Wildman–Crippen LogP) is 5.52. The minimum atomic E-state index is -0.668. The molecule has 0 bridgehead atoms. The minimum Gasteiger partial charge on any atom is -0.465 e. The van der Waals surface area contributed by atoms with E-state index in [4.69, 9.17) is 27.9 Å². The van der Waals surface area contributed by atoms with E-state index in [2.05, 4.69) is 4.99 Å². The van der Waals surface area contributed by atoms with E-state index in [9.17, 15) is 9.59 Å². The molecule has 1 heterocycles. The molecule has 0 amide bonds. The van der Waals surface area contributed by atoms with E-state index in [1.165, 1.54) is 0 Å². The van der Waals surface area contributed by atoms with Crippen molar-refractivity contribution in [1.82, 2.24) is 0 Å². The van der Waals surface area contributed by atoms with E-state index >= 15 is 0 Å². The largest absolute Gasteiger partial charge is 0.465 e. The van der Waals surface area contributed by atoms with Crippen LogP contribution in [-0.2, 0) is 14.3 Å². The fourth-order valence-electron chi connectivity index (χ4n) is 3.82. The number of esters is 1. The Balaban J connectivity index is 2.10. The van der Waals surface area contributed by atoms with Crippen LogP contribution in [0.25, 0.3) is 0 Å². The number of ketones is 1.